The molecular formula is C8H7NO2Te. The summed E-state index contributed by atoms with van der Waals surface area (Å²) in [5.74, 6) is 0.822. The van der Waals surface area contributed by atoms with Gasteiger partial charge >= 0.3 is 81.4 Å². The van der Waals surface area contributed by atoms with Gasteiger partial charge in [-0.05, 0) is 0 Å². The van der Waals surface area contributed by atoms with Crippen molar-refractivity contribution in [3.8, 4) is 12.0 Å². The molecule has 0 amide bonds. The summed E-state index contributed by atoms with van der Waals surface area (Å²) in [5.41, 5.74) is 0. The molecule has 1 aromatic rings. The van der Waals surface area contributed by atoms with Crippen LogP contribution in [0.2, 0.25) is 0 Å². The van der Waals surface area contributed by atoms with Crippen LogP contribution < -0.4 is 8.35 Å². The third kappa shape index (κ3) is 2.62. The van der Waals surface area contributed by atoms with Crippen LogP contribution in [0.15, 0.2) is 24.3 Å². The van der Waals surface area contributed by atoms with Gasteiger partial charge in [0.1, 0.15) is 0 Å². The maximum absolute atomic E-state index is 8.16. The van der Waals surface area contributed by atoms with Crippen molar-refractivity contribution in [2.45, 2.75) is 0 Å². The Labute approximate surface area is 81.5 Å². The molecule has 12 heavy (non-hydrogen) atoms. The van der Waals surface area contributed by atoms with Gasteiger partial charge in [-0.1, -0.05) is 0 Å². The van der Waals surface area contributed by atoms with E-state index in [9.17, 15) is 0 Å². The number of hydrogen-bond donors (Lipinski definition) is 0. The molecule has 62 valence electrons. The van der Waals surface area contributed by atoms with Crippen LogP contribution in [0.5, 0.6) is 5.75 Å². The van der Waals surface area contributed by atoms with E-state index in [2.05, 4.69) is 3.10 Å². The van der Waals surface area contributed by atoms with Crippen LogP contribution in [-0.2, 0) is 3.10 Å². The molecule has 0 aliphatic carbocycles. The monoisotopic (exact) mass is 279 g/mol. The van der Waals surface area contributed by atoms with Crippen molar-refractivity contribution in [1.29, 1.82) is 5.26 Å². The molecule has 0 atom stereocenters. The number of methoxy groups -OCH3 is 1. The fraction of sp³-hybridized carbons (Fsp3) is 0.125. The summed E-state index contributed by atoms with van der Waals surface area (Å²) in [6.45, 7) is 0. The van der Waals surface area contributed by atoms with E-state index >= 15 is 0 Å². The number of nitriles is 1. The average molecular weight is 277 g/mol. The third-order valence-corrected chi connectivity index (χ3v) is 3.01. The van der Waals surface area contributed by atoms with E-state index < -0.39 is 21.3 Å². The molecule has 0 saturated heterocycles. The van der Waals surface area contributed by atoms with E-state index in [4.69, 9.17) is 10.00 Å². The molecule has 4 heteroatoms. The fourth-order valence-electron chi connectivity index (χ4n) is 0.698. The van der Waals surface area contributed by atoms with Crippen molar-refractivity contribution in [2.24, 2.45) is 0 Å². The van der Waals surface area contributed by atoms with Crippen molar-refractivity contribution < 1.29 is 7.84 Å². The summed E-state index contributed by atoms with van der Waals surface area (Å²) in [6.07, 6.45) is 1.67. The molecule has 0 heterocycles. The van der Waals surface area contributed by atoms with Gasteiger partial charge in [-0.3, -0.25) is 0 Å². The van der Waals surface area contributed by atoms with E-state index in [1.807, 2.05) is 24.3 Å². The molecule has 0 bridgehead atoms. The minimum absolute atomic E-state index is 0.777. The Bertz CT molecular complexity index is 278. The zero-order chi connectivity index (χ0) is 8.81. The van der Waals surface area contributed by atoms with E-state index in [-0.39, 0.29) is 0 Å². The van der Waals surface area contributed by atoms with E-state index in [0.29, 0.717) is 0 Å². The summed E-state index contributed by atoms with van der Waals surface area (Å²) in [5, 5.41) is 8.16. The first-order valence-corrected chi connectivity index (χ1v) is 5.35. The second kappa shape index (κ2) is 4.87. The van der Waals surface area contributed by atoms with E-state index in [1.54, 1.807) is 13.4 Å². The molecular weight excluding hydrogens is 270 g/mol. The van der Waals surface area contributed by atoms with Crippen molar-refractivity contribution in [3.63, 3.8) is 0 Å². The van der Waals surface area contributed by atoms with Crippen LogP contribution >= 0.6 is 0 Å². The second-order valence-electron chi connectivity index (χ2n) is 1.93. The van der Waals surface area contributed by atoms with Crippen LogP contribution in [0.1, 0.15) is 0 Å². The van der Waals surface area contributed by atoms with Crippen molar-refractivity contribution >= 4 is 24.9 Å². The Hall–Kier alpha value is -0.900. The standard InChI is InChI=1S/C8H7NO2Te/c1-10-7-2-4-8(5-3-7)12-11-6-9/h2-5H,1H3. The molecule has 0 aliphatic rings. The Morgan fingerprint density at radius 1 is 1.33 bits per heavy atom. The molecule has 1 aromatic carbocycles. The summed E-state index contributed by atoms with van der Waals surface area (Å²) in [4.78, 5) is 0. The normalized spacial score (nSPS) is 8.67. The van der Waals surface area contributed by atoms with Gasteiger partial charge in [0.2, 0.25) is 0 Å². The van der Waals surface area contributed by atoms with Crippen molar-refractivity contribution in [3.05, 3.63) is 24.3 Å². The predicted octanol–water partition coefficient (Wildman–Crippen LogP) is 0.437. The number of ether oxygens (including phenoxy) is 1. The van der Waals surface area contributed by atoms with Gasteiger partial charge in [-0.15, -0.1) is 0 Å². The Balaban J connectivity index is 2.60. The van der Waals surface area contributed by atoms with Crippen molar-refractivity contribution in [1.82, 2.24) is 0 Å². The molecule has 0 aromatic heterocycles. The summed E-state index contributed by atoms with van der Waals surface area (Å²) in [6, 6.07) is 7.55. The summed E-state index contributed by atoms with van der Waals surface area (Å²) in [7, 11) is 1.62. The molecule has 0 saturated carbocycles. The Morgan fingerprint density at radius 2 is 2.00 bits per heavy atom. The molecule has 0 spiro atoms. The van der Waals surface area contributed by atoms with Gasteiger partial charge in [-0.2, -0.15) is 0 Å². The van der Waals surface area contributed by atoms with Crippen LogP contribution in [0, 0.1) is 11.5 Å². The number of benzene rings is 1. The van der Waals surface area contributed by atoms with Crippen LogP contribution in [0.4, 0.5) is 0 Å². The van der Waals surface area contributed by atoms with Gasteiger partial charge in [0, 0.05) is 0 Å². The van der Waals surface area contributed by atoms with Gasteiger partial charge in [-0.25, -0.2) is 0 Å². The van der Waals surface area contributed by atoms with E-state index in [1.165, 1.54) is 0 Å². The van der Waals surface area contributed by atoms with Crippen LogP contribution in [-0.4, -0.2) is 28.4 Å². The number of rotatable bonds is 3. The fourth-order valence-corrected chi connectivity index (χ4v) is 1.78. The molecule has 0 aliphatic heterocycles. The second-order valence-corrected chi connectivity index (χ2v) is 4.23. The zero-order valence-electron chi connectivity index (χ0n) is 6.48. The van der Waals surface area contributed by atoms with Crippen LogP contribution in [0.3, 0.4) is 0 Å². The number of hydrogen-bond acceptors (Lipinski definition) is 3. The Kier molecular flexibility index (Phi) is 3.73. The van der Waals surface area contributed by atoms with Crippen LogP contribution in [0.25, 0.3) is 0 Å². The SMILES string of the molecule is COc1ccc([Te]OC#N)cc1. The van der Waals surface area contributed by atoms with Gasteiger partial charge < -0.3 is 0 Å². The molecule has 0 unspecified atom stereocenters. The van der Waals surface area contributed by atoms with E-state index in [0.717, 1.165) is 9.36 Å². The van der Waals surface area contributed by atoms with Crippen molar-refractivity contribution in [2.75, 3.05) is 7.11 Å². The first-order chi connectivity index (χ1) is 5.86. The first kappa shape index (κ1) is 9.19. The first-order valence-electron chi connectivity index (χ1n) is 3.23. The molecule has 1 rings (SSSR count). The quantitative estimate of drug-likeness (QED) is 0.594. The van der Waals surface area contributed by atoms with Gasteiger partial charge in [0.05, 0.1) is 0 Å². The molecule has 0 radical (unpaired) electrons. The average Bonchev–Trinajstić information content (AvgIpc) is 2.15. The molecule has 3 nitrogen and oxygen atoms in total. The topological polar surface area (TPSA) is 42.2 Å². The van der Waals surface area contributed by atoms with Gasteiger partial charge in [0.15, 0.2) is 0 Å². The summed E-state index contributed by atoms with van der Waals surface area (Å²) < 4.78 is 10.8. The predicted molar refractivity (Wildman–Crippen MR) is 45.1 cm³/mol. The maximum atomic E-state index is 8.16. The van der Waals surface area contributed by atoms with Gasteiger partial charge in [0.25, 0.3) is 0 Å². The Morgan fingerprint density at radius 3 is 2.50 bits per heavy atom. The molecule has 0 fully saturated rings. The third-order valence-electron chi connectivity index (χ3n) is 1.23. The minimum atomic E-state index is -0.777. The zero-order valence-corrected chi connectivity index (χ0v) is 8.81. The number of nitrogens with zero attached hydrogens (tertiary/aromatic N) is 1. The summed E-state index contributed by atoms with van der Waals surface area (Å²) >= 11 is -0.777. The molecule has 0 N–H and O–H groups in total.